The Morgan fingerprint density at radius 1 is 1.32 bits per heavy atom. The quantitative estimate of drug-likeness (QED) is 0.852. The van der Waals surface area contributed by atoms with Gasteiger partial charge in [-0.3, -0.25) is 9.89 Å². The third-order valence-corrected chi connectivity index (χ3v) is 5.60. The maximum absolute atomic E-state index is 12.5. The summed E-state index contributed by atoms with van der Waals surface area (Å²) in [6.07, 6.45) is 3.30. The molecule has 0 atom stereocenters. The van der Waals surface area contributed by atoms with Crippen molar-refractivity contribution in [1.29, 1.82) is 0 Å². The van der Waals surface area contributed by atoms with Gasteiger partial charge < -0.3 is 9.47 Å². The molecule has 3 rings (SSSR count). The zero-order valence-electron chi connectivity index (χ0n) is 15.2. The number of aryl methyl sites for hydroxylation is 3. The number of nitrogens with one attached hydrogen (secondary N) is 1. The summed E-state index contributed by atoms with van der Waals surface area (Å²) >= 11 is 5.19. The van der Waals surface area contributed by atoms with Crippen LogP contribution in [0.15, 0.2) is 18.2 Å². The van der Waals surface area contributed by atoms with Crippen LogP contribution < -0.4 is 0 Å². The Hall–Kier alpha value is -1.95. The summed E-state index contributed by atoms with van der Waals surface area (Å²) in [5, 5.41) is 7.20. The molecule has 1 aliphatic rings. The Kier molecular flexibility index (Phi) is 5.37. The lowest BCUT2D eigenvalue weighted by Crippen LogP contribution is -2.38. The molecule has 1 amide bonds. The molecule has 6 heteroatoms. The number of likely N-dealkylation sites (tertiary alicyclic amines) is 1. The number of nitrogens with zero attached hydrogens (tertiary/aromatic N) is 3. The lowest BCUT2D eigenvalue weighted by atomic mass is 9.95. The van der Waals surface area contributed by atoms with Gasteiger partial charge in [0, 0.05) is 32.5 Å². The zero-order valence-corrected chi connectivity index (χ0v) is 16.0. The first-order chi connectivity index (χ1) is 12.0. The van der Waals surface area contributed by atoms with Gasteiger partial charge in [0.05, 0.1) is 0 Å². The van der Waals surface area contributed by atoms with Crippen LogP contribution in [0.2, 0.25) is 0 Å². The van der Waals surface area contributed by atoms with Crippen LogP contribution in [0.4, 0.5) is 0 Å². The summed E-state index contributed by atoms with van der Waals surface area (Å²) in [4.78, 5) is 14.5. The van der Waals surface area contributed by atoms with Crippen LogP contribution in [0.1, 0.15) is 47.7 Å². The number of aromatic nitrogens is 3. The number of carbonyl (C=O) groups excluding carboxylic acids is 1. The number of carbonyl (C=O) groups is 1. The molecule has 25 heavy (non-hydrogen) atoms. The summed E-state index contributed by atoms with van der Waals surface area (Å²) in [6, 6.07) is 6.45. The van der Waals surface area contributed by atoms with Gasteiger partial charge in [-0.2, -0.15) is 5.10 Å². The fourth-order valence-electron chi connectivity index (χ4n) is 3.64. The smallest absolute Gasteiger partial charge is 0.222 e. The van der Waals surface area contributed by atoms with E-state index >= 15 is 0 Å². The molecule has 1 N–H and O–H groups in total. The van der Waals surface area contributed by atoms with Crippen LogP contribution in [0.3, 0.4) is 0 Å². The van der Waals surface area contributed by atoms with Crippen LogP contribution in [0, 0.1) is 18.6 Å². The predicted octanol–water partition coefficient (Wildman–Crippen LogP) is 3.43. The van der Waals surface area contributed by atoms with E-state index in [-0.39, 0.29) is 5.91 Å². The van der Waals surface area contributed by atoms with Crippen LogP contribution in [-0.2, 0) is 18.3 Å². The first-order valence-electron chi connectivity index (χ1n) is 8.91. The van der Waals surface area contributed by atoms with E-state index in [4.69, 9.17) is 12.2 Å². The van der Waals surface area contributed by atoms with Crippen molar-refractivity contribution in [2.24, 2.45) is 7.05 Å². The largest absolute Gasteiger partial charge is 0.343 e. The second-order valence-electron chi connectivity index (χ2n) is 7.03. The topological polar surface area (TPSA) is 53.9 Å². The molecule has 5 nitrogen and oxygen atoms in total. The fourth-order valence-corrected chi connectivity index (χ4v) is 3.78. The fraction of sp³-hybridized carbons (Fsp3) is 0.526. The zero-order chi connectivity index (χ0) is 18.0. The van der Waals surface area contributed by atoms with Crippen molar-refractivity contribution in [3.05, 3.63) is 45.5 Å². The molecule has 2 aromatic rings. The van der Waals surface area contributed by atoms with E-state index in [9.17, 15) is 4.79 Å². The molecule has 1 aliphatic heterocycles. The maximum Gasteiger partial charge on any atom is 0.222 e. The van der Waals surface area contributed by atoms with Gasteiger partial charge >= 0.3 is 0 Å². The summed E-state index contributed by atoms with van der Waals surface area (Å²) in [7, 11) is 1.95. The highest BCUT2D eigenvalue weighted by atomic mass is 32.1. The van der Waals surface area contributed by atoms with E-state index in [1.165, 1.54) is 16.7 Å². The summed E-state index contributed by atoms with van der Waals surface area (Å²) in [5.41, 5.74) is 3.82. The Bertz CT molecular complexity index is 815. The highest BCUT2D eigenvalue weighted by Gasteiger charge is 2.26. The standard InChI is InChI=1S/C19H26N4OS/c1-13-4-5-15(14(2)12-13)6-7-17(24)23-10-8-16(9-11-23)18-20-21-19(25)22(18)3/h4-5,12,16H,6-11H2,1-3H3,(H,21,25). The monoisotopic (exact) mass is 358 g/mol. The molecule has 1 aromatic carbocycles. The van der Waals surface area contributed by atoms with E-state index in [1.807, 2.05) is 16.5 Å². The van der Waals surface area contributed by atoms with Gasteiger partial charge in [-0.15, -0.1) is 0 Å². The highest BCUT2D eigenvalue weighted by Crippen LogP contribution is 2.26. The number of hydrogen-bond donors (Lipinski definition) is 1. The van der Waals surface area contributed by atoms with Crippen molar-refractivity contribution >= 4 is 18.1 Å². The van der Waals surface area contributed by atoms with Gasteiger partial charge in [0.2, 0.25) is 5.91 Å². The minimum absolute atomic E-state index is 0.258. The maximum atomic E-state index is 12.5. The van der Waals surface area contributed by atoms with E-state index < -0.39 is 0 Å². The molecule has 2 heterocycles. The molecule has 0 bridgehead atoms. The lowest BCUT2D eigenvalue weighted by Gasteiger charge is -2.31. The van der Waals surface area contributed by atoms with Gasteiger partial charge in [0.1, 0.15) is 5.82 Å². The van der Waals surface area contributed by atoms with Gasteiger partial charge in [-0.25, -0.2) is 0 Å². The minimum Gasteiger partial charge on any atom is -0.343 e. The first kappa shape index (κ1) is 17.9. The molecule has 134 valence electrons. The average Bonchev–Trinajstić information content (AvgIpc) is 2.93. The molecule has 1 fully saturated rings. The Morgan fingerprint density at radius 3 is 2.64 bits per heavy atom. The van der Waals surface area contributed by atoms with Crippen molar-refractivity contribution in [1.82, 2.24) is 19.7 Å². The van der Waals surface area contributed by atoms with Crippen molar-refractivity contribution < 1.29 is 4.79 Å². The van der Waals surface area contributed by atoms with Gasteiger partial charge in [-0.1, -0.05) is 23.8 Å². The molecular weight excluding hydrogens is 332 g/mol. The van der Waals surface area contributed by atoms with Crippen LogP contribution >= 0.6 is 12.2 Å². The predicted molar refractivity (Wildman–Crippen MR) is 101 cm³/mol. The van der Waals surface area contributed by atoms with Gasteiger partial charge in [0.15, 0.2) is 4.77 Å². The Morgan fingerprint density at radius 2 is 2.04 bits per heavy atom. The number of H-pyrrole nitrogens is 1. The minimum atomic E-state index is 0.258. The Balaban J connectivity index is 1.53. The van der Waals surface area contributed by atoms with Crippen molar-refractivity contribution in [2.75, 3.05) is 13.1 Å². The van der Waals surface area contributed by atoms with Crippen LogP contribution in [0.25, 0.3) is 0 Å². The number of amides is 1. The third kappa shape index (κ3) is 4.00. The van der Waals surface area contributed by atoms with E-state index in [0.717, 1.165) is 38.2 Å². The van der Waals surface area contributed by atoms with Crippen molar-refractivity contribution in [3.8, 4) is 0 Å². The number of rotatable bonds is 4. The van der Waals surface area contributed by atoms with Crippen LogP contribution in [-0.4, -0.2) is 38.7 Å². The highest BCUT2D eigenvalue weighted by molar-refractivity contribution is 7.71. The Labute approximate surface area is 154 Å². The van der Waals surface area contributed by atoms with E-state index in [2.05, 4.69) is 42.2 Å². The first-order valence-corrected chi connectivity index (χ1v) is 9.31. The molecule has 0 unspecified atom stereocenters. The van der Waals surface area contributed by atoms with Gasteiger partial charge in [0.25, 0.3) is 0 Å². The third-order valence-electron chi connectivity index (χ3n) is 5.23. The summed E-state index contributed by atoms with van der Waals surface area (Å²) < 4.78 is 2.60. The molecule has 0 spiro atoms. The normalized spacial score (nSPS) is 15.6. The van der Waals surface area contributed by atoms with Crippen molar-refractivity contribution in [2.45, 2.75) is 45.4 Å². The molecule has 1 saturated heterocycles. The molecule has 1 aromatic heterocycles. The summed E-state index contributed by atoms with van der Waals surface area (Å²) in [6.45, 7) is 5.82. The lowest BCUT2D eigenvalue weighted by molar-refractivity contribution is -0.132. The summed E-state index contributed by atoms with van der Waals surface area (Å²) in [5.74, 6) is 1.64. The molecule has 0 radical (unpaired) electrons. The van der Waals surface area contributed by atoms with E-state index in [0.29, 0.717) is 17.1 Å². The second kappa shape index (κ2) is 7.52. The number of benzene rings is 1. The molecule has 0 aliphatic carbocycles. The molecule has 0 saturated carbocycles. The van der Waals surface area contributed by atoms with E-state index in [1.54, 1.807) is 0 Å². The second-order valence-corrected chi connectivity index (χ2v) is 7.42. The molecular formula is C19H26N4OS. The number of piperidine rings is 1. The number of aromatic amines is 1. The SMILES string of the molecule is Cc1ccc(CCC(=O)N2CCC(c3n[nH]c(=S)n3C)CC2)c(C)c1. The van der Waals surface area contributed by atoms with Gasteiger partial charge in [-0.05, 0) is 56.5 Å². The van der Waals surface area contributed by atoms with Crippen molar-refractivity contribution in [3.63, 3.8) is 0 Å². The number of hydrogen-bond acceptors (Lipinski definition) is 3. The average molecular weight is 359 g/mol. The van der Waals surface area contributed by atoms with Crippen LogP contribution in [0.5, 0.6) is 0 Å².